The second kappa shape index (κ2) is 10.1. The normalized spacial score (nSPS) is 14.8. The van der Waals surface area contributed by atoms with Crippen LogP contribution in [0.4, 0.5) is 10.6 Å². The number of carbonyl (C=O) groups excluding carboxylic acids is 2. The standard InChI is InChI=1S/C21H28N4O4/c1-16-12-19(23-29-16)22-20(26)14-24(2)13-17-8-10-25(11-9-17)21(27)28-15-18-6-4-3-5-7-18/h3-7,12,17H,8-11,13-15H2,1-2H3,(H,22,23,26). The molecule has 1 saturated heterocycles. The lowest BCUT2D eigenvalue weighted by Crippen LogP contribution is -2.42. The Bertz CT molecular complexity index is 800. The van der Waals surface area contributed by atoms with E-state index in [0.29, 0.717) is 37.2 Å². The number of aromatic nitrogens is 1. The van der Waals surface area contributed by atoms with Gasteiger partial charge in [-0.15, -0.1) is 0 Å². The third-order valence-corrected chi connectivity index (χ3v) is 4.96. The van der Waals surface area contributed by atoms with Gasteiger partial charge in [0.1, 0.15) is 12.4 Å². The molecule has 3 rings (SSSR count). The molecule has 1 aromatic carbocycles. The quantitative estimate of drug-likeness (QED) is 0.769. The molecule has 0 aliphatic carbocycles. The molecule has 0 radical (unpaired) electrons. The number of anilines is 1. The van der Waals surface area contributed by atoms with Crippen molar-refractivity contribution in [2.24, 2.45) is 5.92 Å². The van der Waals surface area contributed by atoms with Gasteiger partial charge in [-0.25, -0.2) is 4.79 Å². The molecule has 29 heavy (non-hydrogen) atoms. The molecule has 1 aliphatic heterocycles. The molecular weight excluding hydrogens is 372 g/mol. The summed E-state index contributed by atoms with van der Waals surface area (Å²) in [6.07, 6.45) is 1.53. The van der Waals surface area contributed by atoms with Crippen molar-refractivity contribution in [1.82, 2.24) is 15.0 Å². The first-order chi connectivity index (χ1) is 14.0. The highest BCUT2D eigenvalue weighted by Crippen LogP contribution is 2.19. The molecule has 0 bridgehead atoms. The zero-order valence-corrected chi connectivity index (χ0v) is 17.0. The lowest BCUT2D eigenvalue weighted by molar-refractivity contribution is -0.117. The van der Waals surface area contributed by atoms with E-state index in [-0.39, 0.29) is 18.5 Å². The van der Waals surface area contributed by atoms with Gasteiger partial charge in [-0.2, -0.15) is 0 Å². The number of carbonyl (C=O) groups is 2. The third-order valence-electron chi connectivity index (χ3n) is 4.96. The van der Waals surface area contributed by atoms with Crippen molar-refractivity contribution in [2.75, 3.05) is 38.5 Å². The highest BCUT2D eigenvalue weighted by Gasteiger charge is 2.25. The van der Waals surface area contributed by atoms with E-state index in [1.807, 2.05) is 42.3 Å². The second-order valence-corrected chi connectivity index (χ2v) is 7.54. The van der Waals surface area contributed by atoms with Crippen LogP contribution in [0.3, 0.4) is 0 Å². The molecule has 2 heterocycles. The SMILES string of the molecule is Cc1cc(NC(=O)CN(C)CC2CCN(C(=O)OCc3ccccc3)CC2)no1. The summed E-state index contributed by atoms with van der Waals surface area (Å²) in [5.74, 6) is 1.41. The lowest BCUT2D eigenvalue weighted by Gasteiger charge is -2.33. The Kier molecular flexibility index (Phi) is 7.24. The van der Waals surface area contributed by atoms with E-state index in [1.54, 1.807) is 17.9 Å². The van der Waals surface area contributed by atoms with Gasteiger partial charge in [0.15, 0.2) is 5.82 Å². The molecule has 0 atom stereocenters. The predicted octanol–water partition coefficient (Wildman–Crippen LogP) is 2.90. The van der Waals surface area contributed by atoms with Crippen LogP contribution in [-0.2, 0) is 16.1 Å². The van der Waals surface area contributed by atoms with Gasteiger partial charge >= 0.3 is 6.09 Å². The summed E-state index contributed by atoms with van der Waals surface area (Å²) in [6, 6.07) is 11.4. The minimum atomic E-state index is -0.261. The first kappa shape index (κ1) is 20.9. The molecule has 2 amide bonds. The van der Waals surface area contributed by atoms with E-state index >= 15 is 0 Å². The molecule has 8 heteroatoms. The van der Waals surface area contributed by atoms with Gasteiger partial charge in [0.2, 0.25) is 5.91 Å². The van der Waals surface area contributed by atoms with Gasteiger partial charge in [-0.3, -0.25) is 9.69 Å². The fourth-order valence-corrected chi connectivity index (χ4v) is 3.47. The van der Waals surface area contributed by atoms with Gasteiger partial charge in [0.05, 0.1) is 6.54 Å². The van der Waals surface area contributed by atoms with E-state index < -0.39 is 0 Å². The average molecular weight is 400 g/mol. The summed E-state index contributed by atoms with van der Waals surface area (Å²) in [4.78, 5) is 28.1. The summed E-state index contributed by atoms with van der Waals surface area (Å²) in [6.45, 7) is 4.51. The smallest absolute Gasteiger partial charge is 0.410 e. The topological polar surface area (TPSA) is 87.9 Å². The fourth-order valence-electron chi connectivity index (χ4n) is 3.47. The Balaban J connectivity index is 1.34. The minimum absolute atomic E-state index is 0.122. The summed E-state index contributed by atoms with van der Waals surface area (Å²) < 4.78 is 10.3. The first-order valence-electron chi connectivity index (χ1n) is 9.87. The van der Waals surface area contributed by atoms with Gasteiger partial charge in [0, 0.05) is 25.7 Å². The summed E-state index contributed by atoms with van der Waals surface area (Å²) in [5.41, 5.74) is 0.983. The predicted molar refractivity (Wildman–Crippen MR) is 108 cm³/mol. The molecule has 156 valence electrons. The molecule has 0 saturated carbocycles. The van der Waals surface area contributed by atoms with E-state index in [2.05, 4.69) is 10.5 Å². The number of ether oxygens (including phenoxy) is 1. The van der Waals surface area contributed by atoms with Crippen molar-refractivity contribution >= 4 is 17.8 Å². The zero-order chi connectivity index (χ0) is 20.6. The van der Waals surface area contributed by atoms with Crippen LogP contribution >= 0.6 is 0 Å². The molecule has 1 aliphatic rings. The van der Waals surface area contributed by atoms with Crippen LogP contribution in [0.25, 0.3) is 0 Å². The maximum atomic E-state index is 12.2. The van der Waals surface area contributed by atoms with Crippen molar-refractivity contribution in [1.29, 1.82) is 0 Å². The maximum Gasteiger partial charge on any atom is 0.410 e. The molecule has 2 aromatic rings. The van der Waals surface area contributed by atoms with Gasteiger partial charge in [-0.1, -0.05) is 35.5 Å². The highest BCUT2D eigenvalue weighted by atomic mass is 16.6. The van der Waals surface area contributed by atoms with E-state index in [1.165, 1.54) is 0 Å². The Morgan fingerprint density at radius 3 is 2.66 bits per heavy atom. The summed E-state index contributed by atoms with van der Waals surface area (Å²) >= 11 is 0. The molecule has 1 aromatic heterocycles. The Morgan fingerprint density at radius 2 is 2.00 bits per heavy atom. The van der Waals surface area contributed by atoms with Crippen LogP contribution in [0.15, 0.2) is 40.9 Å². The van der Waals surface area contributed by atoms with E-state index in [9.17, 15) is 9.59 Å². The number of aryl methyl sites for hydroxylation is 1. The Hall–Kier alpha value is -2.87. The first-order valence-corrected chi connectivity index (χ1v) is 9.87. The summed E-state index contributed by atoms with van der Waals surface area (Å²) in [5, 5.41) is 6.49. The van der Waals surface area contributed by atoms with Crippen LogP contribution in [-0.4, -0.2) is 60.2 Å². The summed E-state index contributed by atoms with van der Waals surface area (Å²) in [7, 11) is 1.92. The monoisotopic (exact) mass is 400 g/mol. The number of piperidine rings is 1. The van der Waals surface area contributed by atoms with Gasteiger partial charge in [-0.05, 0) is 38.3 Å². The minimum Gasteiger partial charge on any atom is -0.445 e. The largest absolute Gasteiger partial charge is 0.445 e. The molecule has 0 unspecified atom stereocenters. The van der Waals surface area contributed by atoms with Gasteiger partial charge in [0.25, 0.3) is 0 Å². The zero-order valence-electron chi connectivity index (χ0n) is 17.0. The number of likely N-dealkylation sites (N-methyl/N-ethyl adjacent to an activating group) is 1. The van der Waals surface area contributed by atoms with Crippen molar-refractivity contribution in [2.45, 2.75) is 26.4 Å². The number of hydrogen-bond acceptors (Lipinski definition) is 6. The number of rotatable bonds is 7. The van der Waals surface area contributed by atoms with Crippen molar-refractivity contribution in [3.05, 3.63) is 47.7 Å². The van der Waals surface area contributed by atoms with Crippen LogP contribution in [0.1, 0.15) is 24.2 Å². The van der Waals surface area contributed by atoms with Crippen LogP contribution in [0.2, 0.25) is 0 Å². The molecule has 1 fully saturated rings. The molecule has 0 spiro atoms. The highest BCUT2D eigenvalue weighted by molar-refractivity contribution is 5.91. The van der Waals surface area contributed by atoms with Crippen LogP contribution in [0.5, 0.6) is 0 Å². The average Bonchev–Trinajstić information content (AvgIpc) is 3.11. The van der Waals surface area contributed by atoms with Gasteiger partial charge < -0.3 is 19.5 Å². The fraction of sp³-hybridized carbons (Fsp3) is 0.476. The Morgan fingerprint density at radius 1 is 1.28 bits per heavy atom. The Labute approximate surface area is 170 Å². The number of likely N-dealkylation sites (tertiary alicyclic amines) is 1. The van der Waals surface area contributed by atoms with Crippen LogP contribution < -0.4 is 5.32 Å². The number of nitrogens with one attached hydrogen (secondary N) is 1. The van der Waals surface area contributed by atoms with Crippen molar-refractivity contribution < 1.29 is 18.8 Å². The van der Waals surface area contributed by atoms with E-state index in [4.69, 9.17) is 9.26 Å². The molecular formula is C21H28N4O4. The number of amides is 2. The number of hydrogen-bond donors (Lipinski definition) is 1. The molecule has 8 nitrogen and oxygen atoms in total. The number of nitrogens with zero attached hydrogens (tertiary/aromatic N) is 3. The van der Waals surface area contributed by atoms with E-state index in [0.717, 1.165) is 24.9 Å². The third kappa shape index (κ3) is 6.60. The van der Waals surface area contributed by atoms with Crippen LogP contribution in [0, 0.1) is 12.8 Å². The van der Waals surface area contributed by atoms with Crippen molar-refractivity contribution in [3.8, 4) is 0 Å². The molecule has 1 N–H and O–H groups in total. The second-order valence-electron chi connectivity index (χ2n) is 7.54. The van der Waals surface area contributed by atoms with Crippen molar-refractivity contribution in [3.63, 3.8) is 0 Å². The number of benzene rings is 1. The maximum absolute atomic E-state index is 12.2. The lowest BCUT2D eigenvalue weighted by atomic mass is 9.96.